The number of halogens is 2. The highest BCUT2D eigenvalue weighted by Gasteiger charge is 2.13. The summed E-state index contributed by atoms with van der Waals surface area (Å²) in [4.78, 5) is 7.49. The SMILES string of the molecule is Cc1cc(/C=C(/C#N)c2nc3ccc(F)cc3[nH]2)c(C)n1-c1ccc(OCc2ccccc2Cl)cc1. The van der Waals surface area contributed by atoms with Gasteiger partial charge in [0.05, 0.1) is 16.6 Å². The molecule has 0 saturated carbocycles. The number of nitriles is 1. The lowest BCUT2D eigenvalue weighted by atomic mass is 10.1. The molecule has 0 fully saturated rings. The maximum absolute atomic E-state index is 13.6. The molecule has 0 saturated heterocycles. The van der Waals surface area contributed by atoms with Gasteiger partial charge in [0.25, 0.3) is 0 Å². The minimum Gasteiger partial charge on any atom is -0.489 e. The van der Waals surface area contributed by atoms with E-state index in [9.17, 15) is 9.65 Å². The predicted molar refractivity (Wildman–Crippen MR) is 141 cm³/mol. The number of hydrogen-bond acceptors (Lipinski definition) is 3. The van der Waals surface area contributed by atoms with Crippen molar-refractivity contribution in [3.63, 3.8) is 0 Å². The van der Waals surface area contributed by atoms with Crippen molar-refractivity contribution >= 4 is 34.3 Å². The highest BCUT2D eigenvalue weighted by molar-refractivity contribution is 6.31. The van der Waals surface area contributed by atoms with Crippen LogP contribution in [-0.4, -0.2) is 14.5 Å². The number of nitrogens with one attached hydrogen (secondary N) is 1. The molecule has 0 bridgehead atoms. The Labute approximate surface area is 213 Å². The molecule has 0 amide bonds. The summed E-state index contributed by atoms with van der Waals surface area (Å²) in [6.07, 6.45) is 1.80. The Hall–Kier alpha value is -4.34. The highest BCUT2D eigenvalue weighted by atomic mass is 35.5. The molecule has 2 heterocycles. The summed E-state index contributed by atoms with van der Waals surface area (Å²) < 4.78 is 21.6. The van der Waals surface area contributed by atoms with Crippen molar-refractivity contribution in [2.45, 2.75) is 20.5 Å². The number of aromatic amines is 1. The first-order valence-electron chi connectivity index (χ1n) is 11.4. The lowest BCUT2D eigenvalue weighted by Crippen LogP contribution is -2.00. The smallest absolute Gasteiger partial charge is 0.149 e. The number of imidazole rings is 1. The average molecular weight is 497 g/mol. The van der Waals surface area contributed by atoms with Crippen molar-refractivity contribution in [2.24, 2.45) is 0 Å². The number of rotatable bonds is 6. The number of fused-ring (bicyclic) bond motifs is 1. The van der Waals surface area contributed by atoms with Gasteiger partial charge in [-0.15, -0.1) is 0 Å². The Kier molecular flexibility index (Phi) is 6.32. The lowest BCUT2D eigenvalue weighted by Gasteiger charge is -2.12. The molecule has 1 N–H and O–H groups in total. The van der Waals surface area contributed by atoms with E-state index in [-0.39, 0.29) is 5.82 Å². The summed E-state index contributed by atoms with van der Waals surface area (Å²) >= 11 is 6.22. The number of allylic oxidation sites excluding steroid dienone is 1. The van der Waals surface area contributed by atoms with E-state index in [2.05, 4.69) is 20.6 Å². The summed E-state index contributed by atoms with van der Waals surface area (Å²) in [6, 6.07) is 24.0. The Bertz CT molecular complexity index is 1640. The monoisotopic (exact) mass is 496 g/mol. The van der Waals surface area contributed by atoms with Crippen molar-refractivity contribution in [2.75, 3.05) is 0 Å². The van der Waals surface area contributed by atoms with Gasteiger partial charge in [0.1, 0.15) is 30.1 Å². The summed E-state index contributed by atoms with van der Waals surface area (Å²) in [5, 5.41) is 10.5. The van der Waals surface area contributed by atoms with Crippen LogP contribution in [0, 0.1) is 31.0 Å². The van der Waals surface area contributed by atoms with Crippen LogP contribution in [0.1, 0.15) is 28.3 Å². The maximum atomic E-state index is 13.6. The summed E-state index contributed by atoms with van der Waals surface area (Å²) in [5.41, 5.74) is 6.33. The van der Waals surface area contributed by atoms with Gasteiger partial charge in [-0.05, 0) is 80.1 Å². The molecule has 0 unspecified atom stereocenters. The van der Waals surface area contributed by atoms with Gasteiger partial charge >= 0.3 is 0 Å². The third-order valence-electron chi connectivity index (χ3n) is 6.04. The van der Waals surface area contributed by atoms with E-state index in [1.165, 1.54) is 12.1 Å². The minimum atomic E-state index is -0.357. The first kappa shape index (κ1) is 23.4. The van der Waals surface area contributed by atoms with Gasteiger partial charge < -0.3 is 14.3 Å². The van der Waals surface area contributed by atoms with Crippen LogP contribution in [0.15, 0.2) is 72.8 Å². The highest BCUT2D eigenvalue weighted by Crippen LogP contribution is 2.27. The van der Waals surface area contributed by atoms with E-state index >= 15 is 0 Å². The largest absolute Gasteiger partial charge is 0.489 e. The van der Waals surface area contributed by atoms with Crippen molar-refractivity contribution in [3.05, 3.63) is 112 Å². The van der Waals surface area contributed by atoms with Gasteiger partial charge in [-0.1, -0.05) is 29.8 Å². The Morgan fingerprint density at radius 1 is 1.11 bits per heavy atom. The molecule has 0 radical (unpaired) electrons. The summed E-state index contributed by atoms with van der Waals surface area (Å²) in [5.74, 6) is 0.793. The van der Waals surface area contributed by atoms with Gasteiger partial charge in [-0.3, -0.25) is 0 Å². The first-order valence-corrected chi connectivity index (χ1v) is 11.7. The van der Waals surface area contributed by atoms with Gasteiger partial charge in [0.2, 0.25) is 0 Å². The second-order valence-corrected chi connectivity index (χ2v) is 8.86. The number of benzene rings is 3. The molecule has 0 atom stereocenters. The maximum Gasteiger partial charge on any atom is 0.149 e. The van der Waals surface area contributed by atoms with Gasteiger partial charge in [-0.2, -0.15) is 5.26 Å². The van der Waals surface area contributed by atoms with Crippen LogP contribution in [-0.2, 0) is 6.61 Å². The zero-order valence-electron chi connectivity index (χ0n) is 19.7. The topological polar surface area (TPSA) is 66.6 Å². The van der Waals surface area contributed by atoms with Crippen LogP contribution in [0.3, 0.4) is 0 Å². The van der Waals surface area contributed by atoms with E-state index < -0.39 is 0 Å². The molecular formula is C29H22ClFN4O. The normalized spacial score (nSPS) is 11.6. The van der Waals surface area contributed by atoms with Crippen LogP contribution >= 0.6 is 11.6 Å². The predicted octanol–water partition coefficient (Wildman–Crippen LogP) is 7.41. The zero-order valence-corrected chi connectivity index (χ0v) is 20.5. The Morgan fingerprint density at radius 2 is 1.89 bits per heavy atom. The average Bonchev–Trinajstić information content (AvgIpc) is 3.41. The molecule has 178 valence electrons. The number of hydrogen-bond donors (Lipinski definition) is 1. The van der Waals surface area contributed by atoms with Crippen LogP contribution in [0.2, 0.25) is 5.02 Å². The molecule has 7 heteroatoms. The molecule has 3 aromatic carbocycles. The molecule has 36 heavy (non-hydrogen) atoms. The van der Waals surface area contributed by atoms with Crippen molar-refractivity contribution < 1.29 is 9.13 Å². The number of H-pyrrole nitrogens is 1. The van der Waals surface area contributed by atoms with E-state index in [4.69, 9.17) is 16.3 Å². The molecule has 5 nitrogen and oxygen atoms in total. The molecule has 2 aromatic heterocycles. The molecular weight excluding hydrogens is 475 g/mol. The fourth-order valence-corrected chi connectivity index (χ4v) is 4.41. The zero-order chi connectivity index (χ0) is 25.2. The molecule has 0 spiro atoms. The van der Waals surface area contributed by atoms with Crippen LogP contribution in [0.5, 0.6) is 5.75 Å². The molecule has 5 rings (SSSR count). The van der Waals surface area contributed by atoms with Crippen molar-refractivity contribution in [1.29, 1.82) is 5.26 Å². The van der Waals surface area contributed by atoms with Crippen molar-refractivity contribution in [3.8, 4) is 17.5 Å². The second kappa shape index (κ2) is 9.73. The van der Waals surface area contributed by atoms with Crippen LogP contribution < -0.4 is 4.74 Å². The van der Waals surface area contributed by atoms with Crippen molar-refractivity contribution in [1.82, 2.24) is 14.5 Å². The van der Waals surface area contributed by atoms with Gasteiger partial charge in [0, 0.05) is 27.7 Å². The molecule has 5 aromatic rings. The van der Waals surface area contributed by atoms with E-state index in [0.717, 1.165) is 34.0 Å². The minimum absolute atomic E-state index is 0.357. The summed E-state index contributed by atoms with van der Waals surface area (Å²) in [6.45, 7) is 4.41. The quantitative estimate of drug-likeness (QED) is 0.249. The van der Waals surface area contributed by atoms with E-state index in [1.54, 1.807) is 12.1 Å². The standard InChI is InChI=1S/C29H22ClFN4O/c1-18-13-21(14-22(16-32)29-33-27-12-7-23(31)15-28(27)34-29)19(2)35(18)24-8-10-25(11-9-24)36-17-20-5-3-4-6-26(20)30/h3-15H,17H2,1-2H3,(H,33,34)/b22-14-. The Balaban J connectivity index is 1.40. The third kappa shape index (κ3) is 4.61. The van der Waals surface area contributed by atoms with E-state index in [0.29, 0.717) is 34.1 Å². The van der Waals surface area contributed by atoms with Crippen LogP contribution in [0.4, 0.5) is 4.39 Å². The fourth-order valence-electron chi connectivity index (χ4n) is 4.22. The fraction of sp³-hybridized carbons (Fsp3) is 0.103. The second-order valence-electron chi connectivity index (χ2n) is 8.45. The number of nitrogens with zero attached hydrogens (tertiary/aromatic N) is 3. The summed E-state index contributed by atoms with van der Waals surface area (Å²) in [7, 11) is 0. The van der Waals surface area contributed by atoms with Crippen LogP contribution in [0.25, 0.3) is 28.4 Å². The first-order chi connectivity index (χ1) is 17.4. The van der Waals surface area contributed by atoms with Gasteiger partial charge in [0.15, 0.2) is 0 Å². The number of ether oxygens (including phenoxy) is 1. The number of aromatic nitrogens is 3. The number of aryl methyl sites for hydroxylation is 1. The Morgan fingerprint density at radius 3 is 2.64 bits per heavy atom. The third-order valence-corrected chi connectivity index (χ3v) is 6.41. The molecule has 0 aliphatic heterocycles. The molecule has 0 aliphatic carbocycles. The van der Waals surface area contributed by atoms with E-state index in [1.807, 2.05) is 68.4 Å². The van der Waals surface area contributed by atoms with Gasteiger partial charge in [-0.25, -0.2) is 9.37 Å². The molecule has 0 aliphatic rings. The lowest BCUT2D eigenvalue weighted by molar-refractivity contribution is 0.306.